The molecule has 1 N–H and O–H groups in total. The van der Waals surface area contributed by atoms with Gasteiger partial charge in [-0.25, -0.2) is 4.39 Å². The van der Waals surface area contributed by atoms with Crippen molar-refractivity contribution in [3.8, 4) is 0 Å². The van der Waals surface area contributed by atoms with Crippen molar-refractivity contribution < 1.29 is 4.39 Å². The quantitative estimate of drug-likeness (QED) is 0.873. The fourth-order valence-corrected chi connectivity index (χ4v) is 5.28. The Labute approximate surface area is 114 Å². The van der Waals surface area contributed by atoms with Crippen LogP contribution in [0.1, 0.15) is 36.4 Å². The number of hydrogen-bond acceptors (Lipinski definition) is 1. The molecule has 1 aromatic carbocycles. The Morgan fingerprint density at radius 2 is 1.89 bits per heavy atom. The molecule has 3 aliphatic rings. The van der Waals surface area contributed by atoms with Crippen LogP contribution in [0.5, 0.6) is 0 Å². The molecule has 102 valence electrons. The molecule has 1 nitrogen and oxygen atoms in total. The summed E-state index contributed by atoms with van der Waals surface area (Å²) in [6, 6.07) is 6.06. The SMILES string of the molecule is CNC(c1ccc(F)c(C)c1)C1C2C3CCC(C3)C21. The minimum absolute atomic E-state index is 0.0883. The van der Waals surface area contributed by atoms with Crippen LogP contribution in [-0.4, -0.2) is 7.05 Å². The van der Waals surface area contributed by atoms with Gasteiger partial charge in [-0.3, -0.25) is 0 Å². The molecule has 4 rings (SSSR count). The van der Waals surface area contributed by atoms with Gasteiger partial charge in [-0.1, -0.05) is 12.1 Å². The highest BCUT2D eigenvalue weighted by Crippen LogP contribution is 2.72. The lowest BCUT2D eigenvalue weighted by Crippen LogP contribution is -2.22. The van der Waals surface area contributed by atoms with E-state index in [1.54, 1.807) is 6.07 Å². The number of benzene rings is 1. The Morgan fingerprint density at radius 3 is 2.47 bits per heavy atom. The Hall–Kier alpha value is -0.890. The summed E-state index contributed by atoms with van der Waals surface area (Å²) >= 11 is 0. The van der Waals surface area contributed by atoms with Gasteiger partial charge >= 0.3 is 0 Å². The van der Waals surface area contributed by atoms with Gasteiger partial charge in [0, 0.05) is 6.04 Å². The molecule has 19 heavy (non-hydrogen) atoms. The Balaban J connectivity index is 1.61. The molecule has 3 fully saturated rings. The summed E-state index contributed by atoms with van der Waals surface area (Å²) < 4.78 is 13.4. The van der Waals surface area contributed by atoms with E-state index in [-0.39, 0.29) is 5.82 Å². The van der Waals surface area contributed by atoms with E-state index in [1.807, 2.05) is 19.1 Å². The van der Waals surface area contributed by atoms with Crippen LogP contribution in [0.25, 0.3) is 0 Å². The average Bonchev–Trinajstić information content (AvgIpc) is 2.82. The molecule has 0 spiro atoms. The molecule has 0 heterocycles. The van der Waals surface area contributed by atoms with E-state index < -0.39 is 0 Å². The summed E-state index contributed by atoms with van der Waals surface area (Å²) in [5, 5.41) is 3.50. The average molecular weight is 259 g/mol. The molecular formula is C17H22FN. The lowest BCUT2D eigenvalue weighted by atomic mass is 9.92. The van der Waals surface area contributed by atoms with Gasteiger partial charge in [-0.05, 0) is 80.0 Å². The van der Waals surface area contributed by atoms with Crippen LogP contribution in [-0.2, 0) is 0 Å². The molecule has 3 aliphatic carbocycles. The van der Waals surface area contributed by atoms with Crippen LogP contribution in [0, 0.1) is 42.3 Å². The van der Waals surface area contributed by atoms with Gasteiger partial charge in [-0.15, -0.1) is 0 Å². The predicted octanol–water partition coefficient (Wildman–Crippen LogP) is 3.69. The van der Waals surface area contributed by atoms with Crippen LogP contribution >= 0.6 is 0 Å². The second-order valence-electron chi connectivity index (χ2n) is 6.84. The van der Waals surface area contributed by atoms with Crippen molar-refractivity contribution in [3.63, 3.8) is 0 Å². The molecule has 3 saturated carbocycles. The second-order valence-corrected chi connectivity index (χ2v) is 6.84. The standard InChI is InChI=1S/C17H22FN/c1-9-7-12(5-6-13(9)18)17(19-2)16-14-10-3-4-11(8-10)15(14)16/h5-7,10-11,14-17,19H,3-4,8H2,1-2H3. The number of halogens is 1. The van der Waals surface area contributed by atoms with Crippen LogP contribution in [0.3, 0.4) is 0 Å². The normalized spacial score (nSPS) is 40.3. The van der Waals surface area contributed by atoms with Crippen LogP contribution in [0.2, 0.25) is 0 Å². The maximum atomic E-state index is 13.4. The monoisotopic (exact) mass is 259 g/mol. The van der Waals surface area contributed by atoms with E-state index in [0.29, 0.717) is 6.04 Å². The second kappa shape index (κ2) is 4.05. The molecule has 0 radical (unpaired) electrons. The van der Waals surface area contributed by atoms with Crippen molar-refractivity contribution in [3.05, 3.63) is 35.1 Å². The predicted molar refractivity (Wildman–Crippen MR) is 74.2 cm³/mol. The lowest BCUT2D eigenvalue weighted by Gasteiger charge is -2.21. The van der Waals surface area contributed by atoms with E-state index in [9.17, 15) is 4.39 Å². The molecule has 1 aromatic rings. The van der Waals surface area contributed by atoms with Crippen molar-refractivity contribution >= 4 is 0 Å². The van der Waals surface area contributed by atoms with Gasteiger partial charge in [0.05, 0.1) is 0 Å². The van der Waals surface area contributed by atoms with E-state index in [0.717, 1.165) is 35.2 Å². The number of aryl methyl sites for hydroxylation is 1. The smallest absolute Gasteiger partial charge is 0.126 e. The Morgan fingerprint density at radius 1 is 1.21 bits per heavy atom. The molecular weight excluding hydrogens is 237 g/mol. The van der Waals surface area contributed by atoms with Crippen LogP contribution in [0.15, 0.2) is 18.2 Å². The summed E-state index contributed by atoms with van der Waals surface area (Å²) in [6.45, 7) is 1.86. The fourth-order valence-electron chi connectivity index (χ4n) is 5.28. The maximum absolute atomic E-state index is 13.4. The molecule has 0 saturated heterocycles. The Bertz CT molecular complexity index is 496. The van der Waals surface area contributed by atoms with Gasteiger partial charge < -0.3 is 5.32 Å². The molecule has 0 aromatic heterocycles. The third kappa shape index (κ3) is 1.62. The van der Waals surface area contributed by atoms with Crippen molar-refractivity contribution in [1.29, 1.82) is 0 Å². The first kappa shape index (κ1) is 11.9. The van der Waals surface area contributed by atoms with E-state index in [1.165, 1.54) is 24.8 Å². The van der Waals surface area contributed by atoms with Crippen molar-refractivity contribution in [2.24, 2.45) is 29.6 Å². The van der Waals surface area contributed by atoms with Gasteiger partial charge in [0.1, 0.15) is 5.82 Å². The van der Waals surface area contributed by atoms with Crippen molar-refractivity contribution in [2.45, 2.75) is 32.2 Å². The van der Waals surface area contributed by atoms with E-state index >= 15 is 0 Å². The molecule has 5 unspecified atom stereocenters. The van der Waals surface area contributed by atoms with Crippen LogP contribution < -0.4 is 5.32 Å². The van der Waals surface area contributed by atoms with E-state index in [2.05, 4.69) is 12.4 Å². The molecule has 2 heteroatoms. The summed E-state index contributed by atoms with van der Waals surface area (Å²) in [5.74, 6) is 4.63. The minimum Gasteiger partial charge on any atom is -0.313 e. The third-order valence-electron chi connectivity index (χ3n) is 6.03. The number of hydrogen-bond donors (Lipinski definition) is 1. The summed E-state index contributed by atoms with van der Waals surface area (Å²) in [4.78, 5) is 0. The minimum atomic E-state index is -0.0883. The number of rotatable bonds is 3. The highest BCUT2D eigenvalue weighted by molar-refractivity contribution is 5.30. The first-order valence-corrected chi connectivity index (χ1v) is 7.64. The lowest BCUT2D eigenvalue weighted by molar-refractivity contribution is 0.385. The van der Waals surface area contributed by atoms with Gasteiger partial charge in [0.2, 0.25) is 0 Å². The summed E-state index contributed by atoms with van der Waals surface area (Å²) in [5.41, 5.74) is 2.05. The zero-order chi connectivity index (χ0) is 13.1. The van der Waals surface area contributed by atoms with Gasteiger partial charge in [0.15, 0.2) is 0 Å². The first-order valence-electron chi connectivity index (χ1n) is 7.64. The van der Waals surface area contributed by atoms with Crippen molar-refractivity contribution in [1.82, 2.24) is 5.32 Å². The van der Waals surface area contributed by atoms with E-state index in [4.69, 9.17) is 0 Å². The van der Waals surface area contributed by atoms with Crippen molar-refractivity contribution in [2.75, 3.05) is 7.05 Å². The molecule has 0 aliphatic heterocycles. The first-order chi connectivity index (χ1) is 9.20. The van der Waals surface area contributed by atoms with Gasteiger partial charge in [0.25, 0.3) is 0 Å². The fraction of sp³-hybridized carbons (Fsp3) is 0.647. The maximum Gasteiger partial charge on any atom is 0.126 e. The highest BCUT2D eigenvalue weighted by Gasteiger charge is 2.66. The zero-order valence-corrected chi connectivity index (χ0v) is 11.7. The molecule has 0 amide bonds. The zero-order valence-electron chi connectivity index (χ0n) is 11.7. The molecule has 2 bridgehead atoms. The summed E-state index contributed by atoms with van der Waals surface area (Å²) in [6.07, 6.45) is 4.41. The summed E-state index contributed by atoms with van der Waals surface area (Å²) in [7, 11) is 2.05. The Kier molecular flexibility index (Phi) is 2.54. The number of nitrogens with one attached hydrogen (secondary N) is 1. The molecule has 5 atom stereocenters. The topological polar surface area (TPSA) is 12.0 Å². The van der Waals surface area contributed by atoms with Gasteiger partial charge in [-0.2, -0.15) is 0 Å². The largest absolute Gasteiger partial charge is 0.313 e. The third-order valence-corrected chi connectivity index (χ3v) is 6.03. The number of fused-ring (bicyclic) bond motifs is 5. The van der Waals surface area contributed by atoms with Crippen LogP contribution in [0.4, 0.5) is 4.39 Å². The highest BCUT2D eigenvalue weighted by atomic mass is 19.1.